The molecule has 0 bridgehead atoms. The molecule has 1 fully saturated rings. The van der Waals surface area contributed by atoms with Crippen LogP contribution in [0.2, 0.25) is 0 Å². The predicted molar refractivity (Wildman–Crippen MR) is 101 cm³/mol. The standard InChI is InChI=1S/C20H19N3OS/c21-20-22-16-8-7-13(11-18(16)25-20)19(24)23-9-3-6-15-14-5-2-1-4-12(14)10-17(15)23/h1-2,4-5,7-8,11,15,17H,3,6,9-10H2,(H2,21,22)/t15-,17+/m0/s1. The van der Waals surface area contributed by atoms with Crippen molar-refractivity contribution in [1.82, 2.24) is 9.88 Å². The van der Waals surface area contributed by atoms with E-state index in [9.17, 15) is 4.79 Å². The first-order valence-corrected chi connectivity index (χ1v) is 9.57. The Labute approximate surface area is 150 Å². The van der Waals surface area contributed by atoms with Crippen LogP contribution < -0.4 is 5.73 Å². The van der Waals surface area contributed by atoms with Crippen molar-refractivity contribution < 1.29 is 4.79 Å². The van der Waals surface area contributed by atoms with Gasteiger partial charge >= 0.3 is 0 Å². The number of fused-ring (bicyclic) bond motifs is 4. The third-order valence-electron chi connectivity index (χ3n) is 5.58. The number of thiazole rings is 1. The zero-order valence-electron chi connectivity index (χ0n) is 13.8. The highest BCUT2D eigenvalue weighted by Gasteiger charge is 2.40. The third kappa shape index (κ3) is 2.34. The van der Waals surface area contributed by atoms with Crippen LogP contribution in [0.1, 0.15) is 40.2 Å². The van der Waals surface area contributed by atoms with Gasteiger partial charge in [-0.1, -0.05) is 35.6 Å². The van der Waals surface area contributed by atoms with Crippen LogP contribution in [0, 0.1) is 0 Å². The minimum Gasteiger partial charge on any atom is -0.375 e. The molecule has 2 heterocycles. The molecule has 3 aromatic rings. The van der Waals surface area contributed by atoms with E-state index in [-0.39, 0.29) is 5.91 Å². The first-order chi connectivity index (χ1) is 12.2. The highest BCUT2D eigenvalue weighted by atomic mass is 32.1. The van der Waals surface area contributed by atoms with Crippen LogP contribution in [0.3, 0.4) is 0 Å². The summed E-state index contributed by atoms with van der Waals surface area (Å²) in [7, 11) is 0. The fraction of sp³-hybridized carbons (Fsp3) is 0.300. The third-order valence-corrected chi connectivity index (χ3v) is 6.42. The minimum atomic E-state index is 0.136. The van der Waals surface area contributed by atoms with Crippen molar-refractivity contribution in [2.45, 2.75) is 31.2 Å². The number of rotatable bonds is 1. The summed E-state index contributed by atoms with van der Waals surface area (Å²) in [5, 5.41) is 0.545. The largest absolute Gasteiger partial charge is 0.375 e. The van der Waals surface area contributed by atoms with Crippen LogP contribution in [0.4, 0.5) is 5.13 Å². The first-order valence-electron chi connectivity index (χ1n) is 8.75. The summed E-state index contributed by atoms with van der Waals surface area (Å²) in [6.07, 6.45) is 3.22. The maximum atomic E-state index is 13.2. The molecule has 2 aromatic carbocycles. The van der Waals surface area contributed by atoms with Gasteiger partial charge in [-0.15, -0.1) is 0 Å². The van der Waals surface area contributed by atoms with Crippen molar-refractivity contribution in [3.63, 3.8) is 0 Å². The predicted octanol–water partition coefficient (Wildman–Crippen LogP) is 3.82. The van der Waals surface area contributed by atoms with Gasteiger partial charge in [-0.25, -0.2) is 4.98 Å². The zero-order valence-corrected chi connectivity index (χ0v) is 14.6. The van der Waals surface area contributed by atoms with E-state index < -0.39 is 0 Å². The molecule has 5 rings (SSSR count). The molecule has 2 N–H and O–H groups in total. The Balaban J connectivity index is 1.48. The lowest BCUT2D eigenvalue weighted by Crippen LogP contribution is -2.46. The molecule has 1 aliphatic carbocycles. The lowest BCUT2D eigenvalue weighted by atomic mass is 9.88. The number of hydrogen-bond donors (Lipinski definition) is 1. The molecule has 1 amide bonds. The summed E-state index contributed by atoms with van der Waals surface area (Å²) in [5.74, 6) is 0.619. The molecule has 1 saturated heterocycles. The quantitative estimate of drug-likeness (QED) is 0.726. The van der Waals surface area contributed by atoms with Gasteiger partial charge in [0.15, 0.2) is 5.13 Å². The van der Waals surface area contributed by atoms with Crippen molar-refractivity contribution >= 4 is 32.6 Å². The summed E-state index contributed by atoms with van der Waals surface area (Å²) in [5.41, 5.74) is 10.2. The molecule has 2 atom stereocenters. The Morgan fingerprint density at radius 3 is 3.04 bits per heavy atom. The van der Waals surface area contributed by atoms with Gasteiger partial charge in [-0.05, 0) is 48.6 Å². The highest BCUT2D eigenvalue weighted by molar-refractivity contribution is 7.22. The maximum absolute atomic E-state index is 13.2. The molecule has 1 aliphatic heterocycles. The molecule has 4 nitrogen and oxygen atoms in total. The lowest BCUT2D eigenvalue weighted by Gasteiger charge is -2.38. The van der Waals surface area contributed by atoms with Gasteiger partial charge in [0.1, 0.15) is 0 Å². The van der Waals surface area contributed by atoms with Crippen molar-refractivity contribution in [3.05, 3.63) is 59.2 Å². The monoisotopic (exact) mass is 349 g/mol. The van der Waals surface area contributed by atoms with Gasteiger partial charge < -0.3 is 10.6 Å². The van der Waals surface area contributed by atoms with Gasteiger partial charge in [0, 0.05) is 24.1 Å². The van der Waals surface area contributed by atoms with Gasteiger partial charge in [-0.2, -0.15) is 0 Å². The molecular formula is C20H19N3OS. The summed E-state index contributed by atoms with van der Waals surface area (Å²) >= 11 is 1.44. The molecule has 0 unspecified atom stereocenters. The summed E-state index contributed by atoms with van der Waals surface area (Å²) in [6, 6.07) is 14.7. The fourth-order valence-corrected chi connectivity index (χ4v) is 5.25. The van der Waals surface area contributed by atoms with Crippen LogP contribution in [-0.2, 0) is 6.42 Å². The number of amides is 1. The van der Waals surface area contributed by atoms with Crippen molar-refractivity contribution in [1.29, 1.82) is 0 Å². The van der Waals surface area contributed by atoms with Crippen LogP contribution in [0.5, 0.6) is 0 Å². The second-order valence-electron chi connectivity index (χ2n) is 6.95. The number of carbonyl (C=O) groups is 1. The van der Waals surface area contributed by atoms with Crippen LogP contribution in [-0.4, -0.2) is 28.4 Å². The van der Waals surface area contributed by atoms with E-state index >= 15 is 0 Å². The first kappa shape index (κ1) is 14.9. The van der Waals surface area contributed by atoms with E-state index in [2.05, 4.69) is 34.1 Å². The second kappa shape index (κ2) is 5.56. The minimum absolute atomic E-state index is 0.136. The Morgan fingerprint density at radius 2 is 2.12 bits per heavy atom. The summed E-state index contributed by atoms with van der Waals surface area (Å²) < 4.78 is 0.978. The lowest BCUT2D eigenvalue weighted by molar-refractivity contribution is 0.0595. The van der Waals surface area contributed by atoms with Gasteiger partial charge in [0.25, 0.3) is 5.91 Å². The van der Waals surface area contributed by atoms with Crippen LogP contribution in [0.15, 0.2) is 42.5 Å². The van der Waals surface area contributed by atoms with E-state index in [0.717, 1.165) is 35.2 Å². The maximum Gasteiger partial charge on any atom is 0.254 e. The Hall–Kier alpha value is -2.40. The average Bonchev–Trinajstić information content (AvgIpc) is 3.19. The smallest absolute Gasteiger partial charge is 0.254 e. The van der Waals surface area contributed by atoms with E-state index in [1.54, 1.807) is 0 Å². The van der Waals surface area contributed by atoms with Crippen LogP contribution in [0.25, 0.3) is 10.2 Å². The average molecular weight is 349 g/mol. The summed E-state index contributed by atoms with van der Waals surface area (Å²) in [6.45, 7) is 0.844. The number of nitrogens with zero attached hydrogens (tertiary/aromatic N) is 2. The number of hydrogen-bond acceptors (Lipinski definition) is 4. The van der Waals surface area contributed by atoms with E-state index in [1.165, 1.54) is 28.9 Å². The van der Waals surface area contributed by atoms with Gasteiger partial charge in [-0.3, -0.25) is 4.79 Å². The zero-order chi connectivity index (χ0) is 17.0. The van der Waals surface area contributed by atoms with Crippen LogP contribution >= 0.6 is 11.3 Å². The number of piperidine rings is 1. The van der Waals surface area contributed by atoms with E-state index in [0.29, 0.717) is 17.1 Å². The normalized spacial score (nSPS) is 22.0. The Morgan fingerprint density at radius 1 is 1.24 bits per heavy atom. The molecule has 0 spiro atoms. The number of aromatic nitrogens is 1. The van der Waals surface area contributed by atoms with Crippen molar-refractivity contribution in [2.24, 2.45) is 0 Å². The molecule has 0 radical (unpaired) electrons. The van der Waals surface area contributed by atoms with Crippen molar-refractivity contribution in [3.8, 4) is 0 Å². The number of likely N-dealkylation sites (tertiary alicyclic amines) is 1. The van der Waals surface area contributed by atoms with Gasteiger partial charge in [0.05, 0.1) is 10.2 Å². The molecule has 25 heavy (non-hydrogen) atoms. The molecule has 5 heteroatoms. The molecule has 1 aromatic heterocycles. The molecular weight excluding hydrogens is 330 g/mol. The second-order valence-corrected chi connectivity index (χ2v) is 8.01. The van der Waals surface area contributed by atoms with Gasteiger partial charge in [0.2, 0.25) is 0 Å². The highest BCUT2D eigenvalue weighted by Crippen LogP contribution is 2.42. The number of carbonyl (C=O) groups excluding carboxylic acids is 1. The topological polar surface area (TPSA) is 59.2 Å². The Kier molecular flexibility index (Phi) is 3.31. The molecule has 0 saturated carbocycles. The molecule has 2 aliphatic rings. The number of nitrogens with two attached hydrogens (primary N) is 1. The number of nitrogen functional groups attached to an aromatic ring is 1. The number of anilines is 1. The fourth-order valence-electron chi connectivity index (χ4n) is 4.47. The number of benzene rings is 2. The molecule has 126 valence electrons. The van der Waals surface area contributed by atoms with Crippen molar-refractivity contribution in [2.75, 3.05) is 12.3 Å². The van der Waals surface area contributed by atoms with E-state index in [4.69, 9.17) is 5.73 Å². The SMILES string of the molecule is Nc1nc2ccc(C(=O)N3CCC[C@H]4c5ccccc5C[C@H]43)cc2s1. The Bertz CT molecular complexity index is 980. The summed E-state index contributed by atoms with van der Waals surface area (Å²) in [4.78, 5) is 19.6. The van der Waals surface area contributed by atoms with E-state index in [1.807, 2.05) is 18.2 Å².